The van der Waals surface area contributed by atoms with Crippen LogP contribution in [0.3, 0.4) is 0 Å². The van der Waals surface area contributed by atoms with Crippen molar-refractivity contribution < 1.29 is 13.6 Å². The third-order valence-corrected chi connectivity index (χ3v) is 7.07. The molecule has 1 amide bonds. The van der Waals surface area contributed by atoms with Crippen LogP contribution >= 0.6 is 0 Å². The van der Waals surface area contributed by atoms with E-state index in [0.29, 0.717) is 18.4 Å². The molecule has 4 aliphatic rings. The zero-order chi connectivity index (χ0) is 21.2. The average molecular weight is 426 g/mol. The van der Waals surface area contributed by atoms with E-state index in [2.05, 4.69) is 20.4 Å². The number of aromatic nitrogens is 4. The Labute approximate surface area is 178 Å². The topological polar surface area (TPSA) is 75.9 Å². The fraction of sp³-hybridized carbons (Fsp3) is 0.545. The minimum absolute atomic E-state index is 0.0269. The van der Waals surface area contributed by atoms with E-state index < -0.39 is 11.8 Å². The van der Waals surface area contributed by atoms with E-state index >= 15 is 0 Å². The molecule has 162 valence electrons. The Balaban J connectivity index is 1.18. The lowest BCUT2D eigenvalue weighted by molar-refractivity contribution is -0.137. The number of amides is 1. The van der Waals surface area contributed by atoms with Crippen LogP contribution in [0, 0.1) is 5.92 Å². The second-order valence-electron chi connectivity index (χ2n) is 9.14. The van der Waals surface area contributed by atoms with E-state index in [1.807, 2.05) is 23.0 Å². The Morgan fingerprint density at radius 2 is 2.03 bits per heavy atom. The summed E-state index contributed by atoms with van der Waals surface area (Å²) in [5.74, 6) is -3.84. The molecule has 2 aliphatic heterocycles. The molecule has 2 aromatic heterocycles. The molecule has 0 spiro atoms. The number of anilines is 2. The monoisotopic (exact) mass is 426 g/mol. The molecule has 4 heterocycles. The zero-order valence-corrected chi connectivity index (χ0v) is 17.0. The Hall–Kier alpha value is -2.84. The number of carbonyl (C=O) groups excluding carboxylic acids is 1. The van der Waals surface area contributed by atoms with Gasteiger partial charge in [0, 0.05) is 24.9 Å². The number of nitrogens with zero attached hydrogens (tertiary/aromatic N) is 5. The van der Waals surface area contributed by atoms with Crippen LogP contribution in [-0.4, -0.2) is 48.6 Å². The van der Waals surface area contributed by atoms with Crippen molar-refractivity contribution in [3.8, 4) is 0 Å². The first-order valence-corrected chi connectivity index (χ1v) is 11.0. The van der Waals surface area contributed by atoms with Crippen molar-refractivity contribution in [2.24, 2.45) is 5.92 Å². The highest BCUT2D eigenvalue weighted by molar-refractivity contribution is 5.85. The molecule has 7 nitrogen and oxygen atoms in total. The molecule has 0 aromatic carbocycles. The molecule has 3 atom stereocenters. The summed E-state index contributed by atoms with van der Waals surface area (Å²) in [7, 11) is 0. The average Bonchev–Trinajstić information content (AvgIpc) is 2.99. The predicted molar refractivity (Wildman–Crippen MR) is 110 cm³/mol. The van der Waals surface area contributed by atoms with Crippen molar-refractivity contribution in [2.75, 3.05) is 5.32 Å². The van der Waals surface area contributed by atoms with Gasteiger partial charge in [-0.2, -0.15) is 5.10 Å². The van der Waals surface area contributed by atoms with Crippen molar-refractivity contribution in [3.63, 3.8) is 0 Å². The van der Waals surface area contributed by atoms with Crippen LogP contribution in [0.15, 0.2) is 30.7 Å². The van der Waals surface area contributed by atoms with E-state index in [9.17, 15) is 13.6 Å². The van der Waals surface area contributed by atoms with E-state index in [0.717, 1.165) is 29.8 Å². The molecule has 9 heteroatoms. The first-order chi connectivity index (χ1) is 15.0. The van der Waals surface area contributed by atoms with Gasteiger partial charge in [-0.05, 0) is 50.2 Å². The third kappa shape index (κ3) is 3.30. The Kier molecular flexibility index (Phi) is 4.16. The molecule has 2 saturated carbocycles. The quantitative estimate of drug-likeness (QED) is 0.784. The summed E-state index contributed by atoms with van der Waals surface area (Å²) >= 11 is 0. The fourth-order valence-corrected chi connectivity index (χ4v) is 5.01. The van der Waals surface area contributed by atoms with Crippen LogP contribution in [0.4, 0.5) is 20.4 Å². The number of hydrogen-bond donors (Lipinski definition) is 1. The summed E-state index contributed by atoms with van der Waals surface area (Å²) in [5.41, 5.74) is 2.71. The second-order valence-corrected chi connectivity index (χ2v) is 9.14. The summed E-state index contributed by atoms with van der Waals surface area (Å²) < 4.78 is 28.8. The highest BCUT2D eigenvalue weighted by Crippen LogP contribution is 2.51. The van der Waals surface area contributed by atoms with E-state index in [4.69, 9.17) is 0 Å². The van der Waals surface area contributed by atoms with Gasteiger partial charge in [0.05, 0.1) is 29.7 Å². The molecule has 1 N–H and O–H groups in total. The van der Waals surface area contributed by atoms with Gasteiger partial charge in [0.2, 0.25) is 11.9 Å². The molecule has 31 heavy (non-hydrogen) atoms. The lowest BCUT2D eigenvalue weighted by atomic mass is 9.93. The molecular formula is C22H24F2N6O. The van der Waals surface area contributed by atoms with Crippen molar-refractivity contribution in [3.05, 3.63) is 36.4 Å². The Bertz CT molecular complexity index is 1060. The minimum Gasteiger partial charge on any atom is -0.332 e. The molecule has 6 rings (SSSR count). The van der Waals surface area contributed by atoms with Gasteiger partial charge < -0.3 is 10.2 Å². The first-order valence-electron chi connectivity index (χ1n) is 11.0. The number of carbonyl (C=O) groups is 1. The van der Waals surface area contributed by atoms with E-state index in [1.165, 1.54) is 19.3 Å². The maximum Gasteiger partial charge on any atom is 0.260 e. The minimum atomic E-state index is -2.82. The lowest BCUT2D eigenvalue weighted by Gasteiger charge is -2.34. The Morgan fingerprint density at radius 1 is 1.19 bits per heavy atom. The van der Waals surface area contributed by atoms with Gasteiger partial charge in [-0.3, -0.25) is 9.48 Å². The van der Waals surface area contributed by atoms with Crippen molar-refractivity contribution in [1.29, 1.82) is 0 Å². The number of hydrogen-bond acceptors (Lipinski definition) is 5. The fourth-order valence-electron chi connectivity index (χ4n) is 5.01. The van der Waals surface area contributed by atoms with Crippen LogP contribution in [0.25, 0.3) is 5.57 Å². The normalized spacial score (nSPS) is 28.8. The van der Waals surface area contributed by atoms with Gasteiger partial charge in [0.25, 0.3) is 5.92 Å². The number of rotatable bonds is 5. The van der Waals surface area contributed by atoms with Crippen LogP contribution in [0.1, 0.15) is 56.7 Å². The van der Waals surface area contributed by atoms with Gasteiger partial charge in [-0.15, -0.1) is 0 Å². The second kappa shape index (κ2) is 6.83. The molecule has 1 saturated heterocycles. The zero-order valence-electron chi connectivity index (χ0n) is 17.0. The predicted octanol–water partition coefficient (Wildman–Crippen LogP) is 3.94. The maximum absolute atomic E-state index is 13.4. The molecule has 2 unspecified atom stereocenters. The number of nitrogens with one attached hydrogen (secondary N) is 1. The van der Waals surface area contributed by atoms with Gasteiger partial charge in [0.15, 0.2) is 0 Å². The van der Waals surface area contributed by atoms with Crippen LogP contribution in [0.2, 0.25) is 0 Å². The molecule has 2 aliphatic carbocycles. The summed E-state index contributed by atoms with van der Waals surface area (Å²) in [6.07, 6.45) is 13.1. The highest BCUT2D eigenvalue weighted by Gasteiger charge is 2.63. The van der Waals surface area contributed by atoms with Crippen LogP contribution in [-0.2, 0) is 4.79 Å². The van der Waals surface area contributed by atoms with Gasteiger partial charge in [-0.1, -0.05) is 6.08 Å². The number of halogens is 2. The third-order valence-electron chi connectivity index (χ3n) is 7.07. The van der Waals surface area contributed by atoms with Gasteiger partial charge >= 0.3 is 0 Å². The first kappa shape index (κ1) is 18.9. The summed E-state index contributed by atoms with van der Waals surface area (Å²) in [6.45, 7) is 0. The molecule has 3 fully saturated rings. The summed E-state index contributed by atoms with van der Waals surface area (Å²) in [5, 5.41) is 7.65. The van der Waals surface area contributed by atoms with Gasteiger partial charge in [0.1, 0.15) is 5.92 Å². The van der Waals surface area contributed by atoms with Crippen LogP contribution in [0.5, 0.6) is 0 Å². The number of fused-ring (bicyclic) bond motifs is 2. The largest absolute Gasteiger partial charge is 0.332 e. The van der Waals surface area contributed by atoms with E-state index in [-0.39, 0.29) is 24.4 Å². The maximum atomic E-state index is 13.4. The standard InChI is InChI=1S/C22H24F2N6O/c23-22(24)10-18(22)20(31)30-16-4-5-17(30)9-13(8-16)19-6-7-25-21(28-19)27-14-11-26-29(12-14)15-2-1-3-15/h6-8,11-12,15-18H,1-5,9-10H2,(H,25,27,28)/t16?,17?,18-/m0/s1. The SMILES string of the molecule is O=C([C@@H]1CC1(F)F)N1C2C=C(c3ccnc(Nc4cnn(C5CCC5)c4)n3)CC1CC2. The molecule has 0 radical (unpaired) electrons. The number of alkyl halides is 2. The van der Waals surface area contributed by atoms with Crippen molar-refractivity contribution in [1.82, 2.24) is 24.6 Å². The summed E-state index contributed by atoms with van der Waals surface area (Å²) in [4.78, 5) is 23.3. The highest BCUT2D eigenvalue weighted by atomic mass is 19.3. The van der Waals surface area contributed by atoms with E-state index in [1.54, 1.807) is 17.3 Å². The molecule has 2 bridgehead atoms. The van der Waals surface area contributed by atoms with Crippen molar-refractivity contribution in [2.45, 2.75) is 69.0 Å². The van der Waals surface area contributed by atoms with Crippen LogP contribution < -0.4 is 5.32 Å². The van der Waals surface area contributed by atoms with Crippen molar-refractivity contribution >= 4 is 23.1 Å². The molecule has 2 aromatic rings. The Morgan fingerprint density at radius 3 is 2.74 bits per heavy atom. The lowest BCUT2D eigenvalue weighted by Crippen LogP contribution is -2.44. The summed E-state index contributed by atoms with van der Waals surface area (Å²) in [6, 6.07) is 2.21. The smallest absolute Gasteiger partial charge is 0.260 e. The van der Waals surface area contributed by atoms with Gasteiger partial charge in [-0.25, -0.2) is 18.7 Å². The molecular weight excluding hydrogens is 402 g/mol.